The van der Waals surface area contributed by atoms with Crippen molar-refractivity contribution in [2.24, 2.45) is 7.05 Å². The highest BCUT2D eigenvalue weighted by molar-refractivity contribution is 9.10. The van der Waals surface area contributed by atoms with Crippen LogP contribution in [-0.4, -0.2) is 21.2 Å². The van der Waals surface area contributed by atoms with Gasteiger partial charge in [0.2, 0.25) is 5.91 Å². The van der Waals surface area contributed by atoms with Crippen LogP contribution in [-0.2, 0) is 11.8 Å². The summed E-state index contributed by atoms with van der Waals surface area (Å²) >= 11 is 4.76. The van der Waals surface area contributed by atoms with Gasteiger partial charge in [0.15, 0.2) is 5.16 Å². The second-order valence-corrected chi connectivity index (χ2v) is 5.52. The summed E-state index contributed by atoms with van der Waals surface area (Å²) in [5.74, 6) is 0.311. The van der Waals surface area contributed by atoms with E-state index in [2.05, 4.69) is 26.2 Å². The third-order valence-corrected chi connectivity index (χ3v) is 3.82. The van der Waals surface area contributed by atoms with Crippen molar-refractivity contribution in [3.63, 3.8) is 0 Å². The molecular weight excluding hydrogens is 314 g/mol. The molecule has 2 rings (SSSR count). The number of benzene rings is 1. The van der Waals surface area contributed by atoms with Crippen molar-refractivity contribution in [3.8, 4) is 0 Å². The van der Waals surface area contributed by atoms with Gasteiger partial charge in [-0.2, -0.15) is 0 Å². The first kappa shape index (κ1) is 13.2. The zero-order valence-electron chi connectivity index (χ0n) is 9.76. The molecule has 0 fully saturated rings. The maximum Gasteiger partial charge on any atom is 0.234 e. The first-order chi connectivity index (χ1) is 8.65. The Balaban J connectivity index is 1.86. The quantitative estimate of drug-likeness (QED) is 0.879. The van der Waals surface area contributed by atoms with E-state index in [-0.39, 0.29) is 5.91 Å². The summed E-state index contributed by atoms with van der Waals surface area (Å²) in [6.45, 7) is 0. The van der Waals surface area contributed by atoms with Gasteiger partial charge in [-0.3, -0.25) is 4.79 Å². The smallest absolute Gasteiger partial charge is 0.234 e. The van der Waals surface area contributed by atoms with Crippen molar-refractivity contribution in [1.29, 1.82) is 0 Å². The fourth-order valence-electron chi connectivity index (χ4n) is 1.35. The van der Waals surface area contributed by atoms with Crippen LogP contribution in [0.25, 0.3) is 0 Å². The van der Waals surface area contributed by atoms with Gasteiger partial charge in [0.05, 0.1) is 5.75 Å². The molecule has 0 unspecified atom stereocenters. The second kappa shape index (κ2) is 6.06. The van der Waals surface area contributed by atoms with Crippen LogP contribution in [0.1, 0.15) is 0 Å². The first-order valence-electron chi connectivity index (χ1n) is 5.30. The minimum Gasteiger partial charge on any atom is -0.329 e. The third-order valence-electron chi connectivity index (χ3n) is 2.24. The minimum atomic E-state index is -0.0367. The Labute approximate surface area is 118 Å². The number of anilines is 1. The number of nitrogens with zero attached hydrogens (tertiary/aromatic N) is 2. The number of amides is 1. The molecule has 0 aliphatic rings. The van der Waals surface area contributed by atoms with Crippen molar-refractivity contribution < 1.29 is 4.79 Å². The Kier molecular flexibility index (Phi) is 4.43. The highest BCUT2D eigenvalue weighted by Gasteiger charge is 2.06. The van der Waals surface area contributed by atoms with E-state index in [0.29, 0.717) is 5.75 Å². The number of carbonyl (C=O) groups excluding carboxylic acids is 1. The van der Waals surface area contributed by atoms with Gasteiger partial charge in [-0.1, -0.05) is 27.7 Å². The number of imidazole rings is 1. The number of halogens is 1. The Hall–Kier alpha value is -1.27. The molecule has 2 aromatic rings. The molecule has 4 nitrogen and oxygen atoms in total. The van der Waals surface area contributed by atoms with Gasteiger partial charge < -0.3 is 9.88 Å². The third kappa shape index (κ3) is 3.61. The molecule has 1 aromatic carbocycles. The predicted octanol–water partition coefficient (Wildman–Crippen LogP) is 2.91. The summed E-state index contributed by atoms with van der Waals surface area (Å²) < 4.78 is 2.88. The number of aromatic nitrogens is 2. The number of rotatable bonds is 4. The Morgan fingerprint density at radius 2 is 2.17 bits per heavy atom. The first-order valence-corrected chi connectivity index (χ1v) is 7.08. The molecule has 0 radical (unpaired) electrons. The highest BCUT2D eigenvalue weighted by Crippen LogP contribution is 2.16. The largest absolute Gasteiger partial charge is 0.329 e. The molecule has 18 heavy (non-hydrogen) atoms. The lowest BCUT2D eigenvalue weighted by Crippen LogP contribution is -2.14. The van der Waals surface area contributed by atoms with E-state index in [9.17, 15) is 4.79 Å². The number of hydrogen-bond acceptors (Lipinski definition) is 3. The Morgan fingerprint density at radius 1 is 1.44 bits per heavy atom. The van der Waals surface area contributed by atoms with Gasteiger partial charge in [0.1, 0.15) is 0 Å². The average Bonchev–Trinajstić information content (AvgIpc) is 2.75. The van der Waals surface area contributed by atoms with E-state index in [4.69, 9.17) is 0 Å². The predicted molar refractivity (Wildman–Crippen MR) is 76.7 cm³/mol. The SMILES string of the molecule is Cn1ccnc1SCC(=O)Nc1ccc(Br)cc1. The molecule has 6 heteroatoms. The highest BCUT2D eigenvalue weighted by atomic mass is 79.9. The van der Waals surface area contributed by atoms with Crippen LogP contribution in [0.2, 0.25) is 0 Å². The summed E-state index contributed by atoms with van der Waals surface area (Å²) in [6, 6.07) is 7.49. The molecule has 0 bridgehead atoms. The molecule has 0 spiro atoms. The molecule has 1 heterocycles. The zero-order valence-corrected chi connectivity index (χ0v) is 12.2. The molecule has 94 valence electrons. The van der Waals surface area contributed by atoms with Gasteiger partial charge in [-0.15, -0.1) is 0 Å². The van der Waals surface area contributed by atoms with Crippen LogP contribution in [0.4, 0.5) is 5.69 Å². The maximum atomic E-state index is 11.7. The monoisotopic (exact) mass is 325 g/mol. The van der Waals surface area contributed by atoms with Crippen LogP contribution < -0.4 is 5.32 Å². The van der Waals surface area contributed by atoms with Gasteiger partial charge in [0, 0.05) is 29.6 Å². The molecule has 0 aliphatic heterocycles. The lowest BCUT2D eigenvalue weighted by Gasteiger charge is -2.05. The van der Waals surface area contributed by atoms with E-state index in [1.807, 2.05) is 42.1 Å². The van der Waals surface area contributed by atoms with E-state index < -0.39 is 0 Å². The van der Waals surface area contributed by atoms with Gasteiger partial charge in [0.25, 0.3) is 0 Å². The molecule has 0 atom stereocenters. The topological polar surface area (TPSA) is 46.9 Å². The molecule has 1 amide bonds. The average molecular weight is 326 g/mol. The van der Waals surface area contributed by atoms with Crippen molar-refractivity contribution in [2.45, 2.75) is 5.16 Å². The Morgan fingerprint density at radius 3 is 2.78 bits per heavy atom. The van der Waals surface area contributed by atoms with Crippen molar-refractivity contribution in [2.75, 3.05) is 11.1 Å². The molecule has 0 aliphatic carbocycles. The van der Waals surface area contributed by atoms with Crippen LogP contribution in [0.15, 0.2) is 46.3 Å². The lowest BCUT2D eigenvalue weighted by atomic mass is 10.3. The van der Waals surface area contributed by atoms with Crippen molar-refractivity contribution in [3.05, 3.63) is 41.1 Å². The fourth-order valence-corrected chi connectivity index (χ4v) is 2.35. The maximum absolute atomic E-state index is 11.7. The van der Waals surface area contributed by atoms with Crippen LogP contribution >= 0.6 is 27.7 Å². The Bertz CT molecular complexity index is 539. The van der Waals surface area contributed by atoms with E-state index >= 15 is 0 Å². The van der Waals surface area contributed by atoms with Gasteiger partial charge in [-0.25, -0.2) is 4.98 Å². The van der Waals surface area contributed by atoms with E-state index in [0.717, 1.165) is 15.3 Å². The summed E-state index contributed by atoms with van der Waals surface area (Å²) in [5.41, 5.74) is 0.795. The standard InChI is InChI=1S/C12H12BrN3OS/c1-16-7-6-14-12(16)18-8-11(17)15-10-4-2-9(13)3-5-10/h2-7H,8H2,1H3,(H,15,17). The number of carbonyl (C=O) groups is 1. The van der Waals surface area contributed by atoms with Gasteiger partial charge in [-0.05, 0) is 24.3 Å². The van der Waals surface area contributed by atoms with Crippen LogP contribution in [0, 0.1) is 0 Å². The molecular formula is C12H12BrN3OS. The van der Waals surface area contributed by atoms with Crippen molar-refractivity contribution in [1.82, 2.24) is 9.55 Å². The second-order valence-electron chi connectivity index (χ2n) is 3.66. The normalized spacial score (nSPS) is 10.3. The lowest BCUT2D eigenvalue weighted by molar-refractivity contribution is -0.113. The number of aryl methyl sites for hydroxylation is 1. The minimum absolute atomic E-state index is 0.0367. The molecule has 0 saturated heterocycles. The zero-order chi connectivity index (χ0) is 13.0. The fraction of sp³-hybridized carbons (Fsp3) is 0.167. The van der Waals surface area contributed by atoms with Gasteiger partial charge >= 0.3 is 0 Å². The molecule has 0 saturated carbocycles. The van der Waals surface area contributed by atoms with Crippen molar-refractivity contribution >= 4 is 39.3 Å². The summed E-state index contributed by atoms with van der Waals surface area (Å²) in [7, 11) is 1.90. The number of hydrogen-bond donors (Lipinski definition) is 1. The summed E-state index contributed by atoms with van der Waals surface area (Å²) in [6.07, 6.45) is 3.57. The van der Waals surface area contributed by atoms with Crippen LogP contribution in [0.5, 0.6) is 0 Å². The van der Waals surface area contributed by atoms with Crippen LogP contribution in [0.3, 0.4) is 0 Å². The van der Waals surface area contributed by atoms with E-state index in [1.54, 1.807) is 6.20 Å². The van der Waals surface area contributed by atoms with E-state index in [1.165, 1.54) is 11.8 Å². The summed E-state index contributed by atoms with van der Waals surface area (Å²) in [5, 5.41) is 3.67. The molecule has 1 aromatic heterocycles. The number of nitrogens with one attached hydrogen (secondary N) is 1. The molecule has 1 N–H and O–H groups in total. The number of thioether (sulfide) groups is 1. The summed E-state index contributed by atoms with van der Waals surface area (Å²) in [4.78, 5) is 15.9.